The number of hydrogen-bond acceptors (Lipinski definition) is 2. The van der Waals surface area contributed by atoms with Crippen molar-refractivity contribution in [2.45, 2.75) is 45.6 Å². The molecule has 0 radical (unpaired) electrons. The van der Waals surface area contributed by atoms with Gasteiger partial charge < -0.3 is 10.4 Å². The highest BCUT2D eigenvalue weighted by molar-refractivity contribution is 5.74. The zero-order valence-corrected chi connectivity index (χ0v) is 8.47. The monoisotopic (exact) mass is 185 g/mol. The molecule has 1 rings (SSSR count). The minimum absolute atomic E-state index is 0.132. The van der Waals surface area contributed by atoms with E-state index < -0.39 is 11.4 Å². The predicted octanol–water partition coefficient (Wildman–Crippen LogP) is 1.63. The van der Waals surface area contributed by atoms with E-state index in [9.17, 15) is 4.79 Å². The average molecular weight is 185 g/mol. The van der Waals surface area contributed by atoms with E-state index in [1.807, 2.05) is 0 Å². The lowest BCUT2D eigenvalue weighted by atomic mass is 9.82. The number of carboxylic acids is 1. The zero-order valence-electron chi connectivity index (χ0n) is 8.47. The Balaban J connectivity index is 2.62. The first-order valence-electron chi connectivity index (χ1n) is 5.02. The van der Waals surface area contributed by atoms with Crippen LogP contribution in [0.2, 0.25) is 0 Å². The van der Waals surface area contributed by atoms with E-state index in [-0.39, 0.29) is 6.04 Å². The van der Waals surface area contributed by atoms with Crippen molar-refractivity contribution in [3.05, 3.63) is 0 Å². The minimum atomic E-state index is -0.702. The normalized spacial score (nSPS) is 25.2. The molecular formula is C10H19NO2. The average Bonchev–Trinajstić information content (AvgIpc) is 2.31. The van der Waals surface area contributed by atoms with Crippen LogP contribution in [0.3, 0.4) is 0 Å². The molecule has 76 valence electrons. The summed E-state index contributed by atoms with van der Waals surface area (Å²) >= 11 is 0. The molecule has 0 aliphatic carbocycles. The van der Waals surface area contributed by atoms with Crippen LogP contribution >= 0.6 is 0 Å². The molecular weight excluding hydrogens is 166 g/mol. The Morgan fingerprint density at radius 3 is 2.69 bits per heavy atom. The highest BCUT2D eigenvalue weighted by Gasteiger charge is 2.36. The van der Waals surface area contributed by atoms with Gasteiger partial charge in [-0.2, -0.15) is 0 Å². The van der Waals surface area contributed by atoms with E-state index in [4.69, 9.17) is 5.11 Å². The number of hydrogen-bond donors (Lipinski definition) is 2. The van der Waals surface area contributed by atoms with E-state index in [2.05, 4.69) is 5.32 Å². The summed E-state index contributed by atoms with van der Waals surface area (Å²) in [7, 11) is 0. The summed E-state index contributed by atoms with van der Waals surface area (Å²) in [5, 5.41) is 12.4. The van der Waals surface area contributed by atoms with Crippen LogP contribution in [0, 0.1) is 5.41 Å². The van der Waals surface area contributed by atoms with Crippen LogP contribution in [0.1, 0.15) is 39.5 Å². The summed E-state index contributed by atoms with van der Waals surface area (Å²) in [6.07, 6.45) is 4.53. The molecule has 0 spiro atoms. The molecule has 0 amide bonds. The van der Waals surface area contributed by atoms with E-state index in [0.717, 1.165) is 19.4 Å². The summed E-state index contributed by atoms with van der Waals surface area (Å²) in [5.74, 6) is -0.702. The van der Waals surface area contributed by atoms with Crippen LogP contribution in [-0.2, 0) is 4.79 Å². The Morgan fingerprint density at radius 1 is 1.38 bits per heavy atom. The van der Waals surface area contributed by atoms with Crippen LogP contribution in [0.15, 0.2) is 0 Å². The van der Waals surface area contributed by atoms with Crippen molar-refractivity contribution in [3.63, 3.8) is 0 Å². The van der Waals surface area contributed by atoms with Gasteiger partial charge in [0.05, 0.1) is 5.41 Å². The number of carbonyl (C=O) groups is 1. The molecule has 1 fully saturated rings. The van der Waals surface area contributed by atoms with Crippen molar-refractivity contribution in [1.29, 1.82) is 0 Å². The maximum absolute atomic E-state index is 11.0. The van der Waals surface area contributed by atoms with Crippen molar-refractivity contribution >= 4 is 5.97 Å². The second kappa shape index (κ2) is 4.09. The quantitative estimate of drug-likeness (QED) is 0.687. The Bertz CT molecular complexity index is 181. The fourth-order valence-corrected chi connectivity index (χ4v) is 1.79. The predicted molar refractivity (Wildman–Crippen MR) is 51.7 cm³/mol. The Hall–Kier alpha value is -0.570. The molecule has 1 unspecified atom stereocenters. The van der Waals surface area contributed by atoms with Gasteiger partial charge in [0.15, 0.2) is 0 Å². The third-order valence-electron chi connectivity index (χ3n) is 2.98. The van der Waals surface area contributed by atoms with Gasteiger partial charge in [0.25, 0.3) is 0 Å². The van der Waals surface area contributed by atoms with Gasteiger partial charge in [0.1, 0.15) is 0 Å². The number of rotatable bonds is 2. The molecule has 0 saturated carbocycles. The summed E-state index contributed by atoms with van der Waals surface area (Å²) in [6.45, 7) is 4.57. The Labute approximate surface area is 79.5 Å². The van der Waals surface area contributed by atoms with Gasteiger partial charge in [-0.05, 0) is 33.2 Å². The van der Waals surface area contributed by atoms with Gasteiger partial charge in [-0.3, -0.25) is 4.79 Å². The number of carboxylic acid groups (broad SMARTS) is 1. The summed E-state index contributed by atoms with van der Waals surface area (Å²) in [6, 6.07) is 0.132. The van der Waals surface area contributed by atoms with Crippen LogP contribution in [-0.4, -0.2) is 23.7 Å². The molecule has 13 heavy (non-hydrogen) atoms. The van der Waals surface area contributed by atoms with Crippen molar-refractivity contribution in [2.75, 3.05) is 6.54 Å². The third kappa shape index (κ3) is 2.44. The smallest absolute Gasteiger partial charge is 0.310 e. The zero-order chi connectivity index (χ0) is 9.90. The van der Waals surface area contributed by atoms with Crippen LogP contribution in [0.25, 0.3) is 0 Å². The molecule has 1 aliphatic rings. The van der Waals surface area contributed by atoms with Crippen LogP contribution in [0.4, 0.5) is 0 Å². The van der Waals surface area contributed by atoms with E-state index in [1.165, 1.54) is 12.8 Å². The van der Waals surface area contributed by atoms with E-state index in [1.54, 1.807) is 13.8 Å². The van der Waals surface area contributed by atoms with Gasteiger partial charge in [-0.15, -0.1) is 0 Å². The van der Waals surface area contributed by atoms with Crippen molar-refractivity contribution in [1.82, 2.24) is 5.32 Å². The summed E-state index contributed by atoms with van der Waals surface area (Å²) in [5.41, 5.74) is -0.635. The Morgan fingerprint density at radius 2 is 2.08 bits per heavy atom. The Kier molecular flexibility index (Phi) is 3.31. The molecule has 1 aliphatic heterocycles. The highest BCUT2D eigenvalue weighted by Crippen LogP contribution is 2.26. The van der Waals surface area contributed by atoms with Crippen molar-refractivity contribution in [2.24, 2.45) is 5.41 Å². The lowest BCUT2D eigenvalue weighted by Gasteiger charge is -2.30. The topological polar surface area (TPSA) is 49.3 Å². The second-order valence-electron chi connectivity index (χ2n) is 4.38. The lowest BCUT2D eigenvalue weighted by molar-refractivity contribution is -0.148. The number of aliphatic carboxylic acids is 1. The van der Waals surface area contributed by atoms with Crippen molar-refractivity contribution < 1.29 is 9.90 Å². The van der Waals surface area contributed by atoms with Crippen molar-refractivity contribution in [3.8, 4) is 0 Å². The number of nitrogens with one attached hydrogen (secondary N) is 1. The molecule has 3 nitrogen and oxygen atoms in total. The first-order chi connectivity index (χ1) is 6.05. The molecule has 1 heterocycles. The van der Waals surface area contributed by atoms with Crippen LogP contribution < -0.4 is 5.32 Å². The van der Waals surface area contributed by atoms with E-state index in [0.29, 0.717) is 0 Å². The standard InChI is InChI=1S/C10H19NO2/c1-10(2,9(12)13)8-6-4-3-5-7-11-8/h8,11H,3-7H2,1-2H3,(H,12,13). The maximum atomic E-state index is 11.0. The van der Waals surface area contributed by atoms with Crippen LogP contribution in [0.5, 0.6) is 0 Å². The SMILES string of the molecule is CC(C)(C(=O)O)C1CCCCCN1. The molecule has 0 bridgehead atoms. The minimum Gasteiger partial charge on any atom is -0.481 e. The fraction of sp³-hybridized carbons (Fsp3) is 0.900. The second-order valence-corrected chi connectivity index (χ2v) is 4.38. The van der Waals surface area contributed by atoms with Gasteiger partial charge in [0.2, 0.25) is 0 Å². The molecule has 0 aromatic rings. The molecule has 0 aromatic carbocycles. The third-order valence-corrected chi connectivity index (χ3v) is 2.98. The molecule has 2 N–H and O–H groups in total. The first kappa shape index (κ1) is 10.5. The highest BCUT2D eigenvalue weighted by atomic mass is 16.4. The largest absolute Gasteiger partial charge is 0.481 e. The van der Waals surface area contributed by atoms with Gasteiger partial charge in [-0.1, -0.05) is 12.8 Å². The first-order valence-corrected chi connectivity index (χ1v) is 5.02. The molecule has 3 heteroatoms. The molecule has 1 atom stereocenters. The maximum Gasteiger partial charge on any atom is 0.310 e. The lowest BCUT2D eigenvalue weighted by Crippen LogP contribution is -2.46. The molecule has 0 aromatic heterocycles. The summed E-state index contributed by atoms with van der Waals surface area (Å²) in [4.78, 5) is 11.0. The van der Waals surface area contributed by atoms with E-state index >= 15 is 0 Å². The van der Waals surface area contributed by atoms with Gasteiger partial charge in [0, 0.05) is 6.04 Å². The van der Waals surface area contributed by atoms with Gasteiger partial charge in [-0.25, -0.2) is 0 Å². The fourth-order valence-electron chi connectivity index (χ4n) is 1.79. The van der Waals surface area contributed by atoms with Gasteiger partial charge >= 0.3 is 5.97 Å². The molecule has 1 saturated heterocycles. The summed E-state index contributed by atoms with van der Waals surface area (Å²) < 4.78 is 0.